The van der Waals surface area contributed by atoms with E-state index in [1.165, 1.54) is 6.08 Å². The Morgan fingerprint density at radius 3 is 2.25 bits per heavy atom. The van der Waals surface area contributed by atoms with E-state index in [0.717, 1.165) is 5.57 Å². The summed E-state index contributed by atoms with van der Waals surface area (Å²) in [5.41, 5.74) is 0.958. The van der Waals surface area contributed by atoms with E-state index in [0.29, 0.717) is 0 Å². The largest absolute Gasteiger partial charge is 0.237 e. The highest BCUT2D eigenvalue weighted by atomic mass is 32.2. The van der Waals surface area contributed by atoms with E-state index in [1.54, 1.807) is 6.08 Å². The number of hydrogen-bond donors (Lipinski definition) is 1. The molecule has 0 saturated carbocycles. The smallest absolute Gasteiger partial charge is 0.225 e. The van der Waals surface area contributed by atoms with Gasteiger partial charge in [-0.1, -0.05) is 24.3 Å². The SMILES string of the molecule is C=C(C=CC(C)=CC)S(N)(=O)=O. The predicted molar refractivity (Wildman–Crippen MR) is 50.8 cm³/mol. The summed E-state index contributed by atoms with van der Waals surface area (Å²) < 4.78 is 21.3. The third-order valence-electron chi connectivity index (χ3n) is 1.35. The van der Waals surface area contributed by atoms with Crippen LogP contribution in [0, 0.1) is 0 Å². The van der Waals surface area contributed by atoms with Gasteiger partial charge in [-0.2, -0.15) is 0 Å². The zero-order chi connectivity index (χ0) is 9.78. The second kappa shape index (κ2) is 4.23. The van der Waals surface area contributed by atoms with Crippen LogP contribution in [0.25, 0.3) is 0 Å². The van der Waals surface area contributed by atoms with Crippen molar-refractivity contribution in [1.29, 1.82) is 0 Å². The van der Waals surface area contributed by atoms with Crippen LogP contribution in [0.2, 0.25) is 0 Å². The molecule has 0 aliphatic heterocycles. The van der Waals surface area contributed by atoms with Crippen LogP contribution < -0.4 is 5.14 Å². The van der Waals surface area contributed by atoms with Gasteiger partial charge in [0, 0.05) is 0 Å². The van der Waals surface area contributed by atoms with E-state index in [1.807, 2.05) is 19.9 Å². The van der Waals surface area contributed by atoms with E-state index in [-0.39, 0.29) is 4.91 Å². The fraction of sp³-hybridized carbons (Fsp3) is 0.250. The van der Waals surface area contributed by atoms with Gasteiger partial charge in [-0.25, -0.2) is 13.6 Å². The molecule has 0 amide bonds. The lowest BCUT2D eigenvalue weighted by Crippen LogP contribution is -2.12. The molecule has 3 nitrogen and oxygen atoms in total. The fourth-order valence-corrected chi connectivity index (χ4v) is 0.673. The van der Waals surface area contributed by atoms with Crippen LogP contribution in [0.1, 0.15) is 13.8 Å². The van der Waals surface area contributed by atoms with Crippen molar-refractivity contribution < 1.29 is 8.42 Å². The molecule has 0 rings (SSSR count). The zero-order valence-electron chi connectivity index (χ0n) is 7.24. The van der Waals surface area contributed by atoms with E-state index in [2.05, 4.69) is 6.58 Å². The minimum Gasteiger partial charge on any atom is -0.225 e. The summed E-state index contributed by atoms with van der Waals surface area (Å²) in [5, 5.41) is 4.81. The molecule has 0 radical (unpaired) electrons. The summed E-state index contributed by atoms with van der Waals surface area (Å²) in [6.07, 6.45) is 4.88. The predicted octanol–water partition coefficient (Wildman–Crippen LogP) is 1.31. The number of sulfonamides is 1. The fourth-order valence-electron chi connectivity index (χ4n) is 0.415. The number of nitrogens with two attached hydrogens (primary N) is 1. The minimum atomic E-state index is -3.62. The average Bonchev–Trinajstić information content (AvgIpc) is 1.97. The van der Waals surface area contributed by atoms with Gasteiger partial charge in [-0.15, -0.1) is 0 Å². The third kappa shape index (κ3) is 4.10. The monoisotopic (exact) mass is 187 g/mol. The molecule has 0 unspecified atom stereocenters. The van der Waals surface area contributed by atoms with Crippen LogP contribution in [-0.4, -0.2) is 8.42 Å². The van der Waals surface area contributed by atoms with Gasteiger partial charge < -0.3 is 0 Å². The Bertz CT molecular complexity index is 323. The number of hydrogen-bond acceptors (Lipinski definition) is 2. The van der Waals surface area contributed by atoms with Crippen molar-refractivity contribution in [3.8, 4) is 0 Å². The highest BCUT2D eigenvalue weighted by Crippen LogP contribution is 2.02. The van der Waals surface area contributed by atoms with Crippen LogP contribution in [0.4, 0.5) is 0 Å². The lowest BCUT2D eigenvalue weighted by Gasteiger charge is -1.94. The van der Waals surface area contributed by atoms with Crippen molar-refractivity contribution in [2.45, 2.75) is 13.8 Å². The van der Waals surface area contributed by atoms with Crippen molar-refractivity contribution in [1.82, 2.24) is 0 Å². The highest BCUT2D eigenvalue weighted by Gasteiger charge is 2.03. The van der Waals surface area contributed by atoms with Crippen LogP contribution in [0.15, 0.2) is 35.3 Å². The van der Waals surface area contributed by atoms with E-state index in [4.69, 9.17) is 5.14 Å². The van der Waals surface area contributed by atoms with Crippen LogP contribution in [-0.2, 0) is 10.0 Å². The number of allylic oxidation sites excluding steroid dienone is 4. The quantitative estimate of drug-likeness (QED) is 0.677. The summed E-state index contributed by atoms with van der Waals surface area (Å²) in [5.74, 6) is 0. The molecule has 0 aliphatic rings. The lowest BCUT2D eigenvalue weighted by molar-refractivity contribution is 0.604. The van der Waals surface area contributed by atoms with Crippen molar-refractivity contribution in [2.75, 3.05) is 0 Å². The first-order chi connectivity index (χ1) is 5.38. The van der Waals surface area contributed by atoms with Crippen LogP contribution >= 0.6 is 0 Å². The Labute approximate surface area is 73.3 Å². The number of rotatable bonds is 3. The van der Waals surface area contributed by atoms with Gasteiger partial charge in [0.25, 0.3) is 0 Å². The van der Waals surface area contributed by atoms with Gasteiger partial charge in [0.15, 0.2) is 0 Å². The van der Waals surface area contributed by atoms with Gasteiger partial charge >= 0.3 is 0 Å². The number of primary sulfonamides is 1. The third-order valence-corrected chi connectivity index (χ3v) is 2.22. The molecular formula is C8H13NO2S. The molecule has 0 fully saturated rings. The molecule has 0 spiro atoms. The maximum Gasteiger partial charge on any atom is 0.237 e. The van der Waals surface area contributed by atoms with Crippen molar-refractivity contribution in [3.05, 3.63) is 35.3 Å². The Kier molecular flexibility index (Phi) is 3.92. The lowest BCUT2D eigenvalue weighted by atomic mass is 10.3. The molecule has 0 aliphatic carbocycles. The van der Waals surface area contributed by atoms with Gasteiger partial charge in [0.1, 0.15) is 0 Å². The summed E-state index contributed by atoms with van der Waals surface area (Å²) >= 11 is 0. The molecule has 68 valence electrons. The molecule has 4 heteroatoms. The van der Waals surface area contributed by atoms with Crippen molar-refractivity contribution >= 4 is 10.0 Å². The van der Waals surface area contributed by atoms with E-state index < -0.39 is 10.0 Å². The minimum absolute atomic E-state index is 0.0799. The van der Waals surface area contributed by atoms with E-state index in [9.17, 15) is 8.42 Å². The summed E-state index contributed by atoms with van der Waals surface area (Å²) in [7, 11) is -3.62. The van der Waals surface area contributed by atoms with E-state index >= 15 is 0 Å². The van der Waals surface area contributed by atoms with Gasteiger partial charge in [-0.3, -0.25) is 0 Å². The first-order valence-corrected chi connectivity index (χ1v) is 4.95. The molecule has 0 aromatic rings. The Hall–Kier alpha value is -0.870. The van der Waals surface area contributed by atoms with Crippen molar-refractivity contribution in [3.63, 3.8) is 0 Å². The van der Waals surface area contributed by atoms with Crippen LogP contribution in [0.5, 0.6) is 0 Å². The molecular weight excluding hydrogens is 174 g/mol. The van der Waals surface area contributed by atoms with Gasteiger partial charge in [-0.05, 0) is 19.9 Å². The molecule has 0 aromatic heterocycles. The molecule has 0 bridgehead atoms. The van der Waals surface area contributed by atoms with Crippen molar-refractivity contribution in [2.24, 2.45) is 5.14 Å². The van der Waals surface area contributed by atoms with Gasteiger partial charge in [0.2, 0.25) is 10.0 Å². The Morgan fingerprint density at radius 2 is 1.92 bits per heavy atom. The zero-order valence-corrected chi connectivity index (χ0v) is 8.06. The molecule has 12 heavy (non-hydrogen) atoms. The Morgan fingerprint density at radius 1 is 1.42 bits per heavy atom. The summed E-state index contributed by atoms with van der Waals surface area (Å²) in [6.45, 7) is 7.02. The van der Waals surface area contributed by atoms with Crippen LogP contribution in [0.3, 0.4) is 0 Å². The highest BCUT2D eigenvalue weighted by molar-refractivity contribution is 7.93. The summed E-state index contributed by atoms with van der Waals surface area (Å²) in [6, 6.07) is 0. The maximum absolute atomic E-state index is 10.6. The Balaban J connectivity index is 4.51. The van der Waals surface area contributed by atoms with Gasteiger partial charge in [0.05, 0.1) is 4.91 Å². The first-order valence-electron chi connectivity index (χ1n) is 3.40. The molecule has 0 atom stereocenters. The summed E-state index contributed by atoms with van der Waals surface area (Å²) in [4.78, 5) is -0.0799. The second-order valence-electron chi connectivity index (χ2n) is 2.38. The normalized spacial score (nSPS) is 13.8. The topological polar surface area (TPSA) is 60.2 Å². The molecule has 0 heterocycles. The molecule has 2 N–H and O–H groups in total. The maximum atomic E-state index is 10.6. The second-order valence-corrected chi connectivity index (χ2v) is 3.99. The molecule has 0 saturated heterocycles. The average molecular weight is 187 g/mol. The first kappa shape index (κ1) is 11.1. The molecule has 0 aromatic carbocycles. The standard InChI is InChI=1S/C8H13NO2S/c1-4-7(2)5-6-8(3)12(9,10)11/h4-6H,3H2,1-2H3,(H2,9,10,11).